The summed E-state index contributed by atoms with van der Waals surface area (Å²) in [5.41, 5.74) is 2.87. The molecule has 10 heteroatoms. The number of carbonyl (C=O) groups excluding carboxylic acids is 1. The van der Waals surface area contributed by atoms with E-state index in [1.54, 1.807) is 44.4 Å². The molecule has 7 nitrogen and oxygen atoms in total. The molecule has 0 bridgehead atoms. The van der Waals surface area contributed by atoms with Gasteiger partial charge in [-0.05, 0) is 49.1 Å². The third-order valence-corrected chi connectivity index (χ3v) is 5.25. The summed E-state index contributed by atoms with van der Waals surface area (Å²) in [4.78, 5) is 24.6. The highest BCUT2D eigenvalue weighted by Gasteiger charge is 2.28. The molecular weight excluding hydrogens is 427 g/mol. The predicted octanol–water partition coefficient (Wildman–Crippen LogP) is 3.67. The maximum Gasteiger partial charge on any atom is 0.522 e. The summed E-state index contributed by atoms with van der Waals surface area (Å²) < 4.78 is 47.4. The Morgan fingerprint density at radius 2 is 1.91 bits per heavy atom. The van der Waals surface area contributed by atoms with Crippen LogP contribution < -0.4 is 16.2 Å². The van der Waals surface area contributed by atoms with E-state index in [9.17, 15) is 22.8 Å². The quantitative estimate of drug-likeness (QED) is 0.626. The van der Waals surface area contributed by atoms with Crippen molar-refractivity contribution < 1.29 is 27.4 Å². The van der Waals surface area contributed by atoms with Crippen molar-refractivity contribution in [3.63, 3.8) is 0 Å². The number of hydrogen-bond donors (Lipinski definition) is 2. The Kier molecular flexibility index (Phi) is 7.57. The number of carbonyl (C=O) groups is 1. The lowest BCUT2D eigenvalue weighted by atomic mass is 9.99. The zero-order valence-electron chi connectivity index (χ0n) is 17.9. The van der Waals surface area contributed by atoms with E-state index in [4.69, 9.17) is 4.74 Å². The lowest BCUT2D eigenvalue weighted by Gasteiger charge is -2.22. The van der Waals surface area contributed by atoms with Crippen LogP contribution in [0.2, 0.25) is 0 Å². The van der Waals surface area contributed by atoms with Gasteiger partial charge >= 0.3 is 6.36 Å². The van der Waals surface area contributed by atoms with E-state index in [1.165, 1.54) is 4.57 Å². The molecule has 1 saturated heterocycles. The van der Waals surface area contributed by atoms with Gasteiger partial charge in [-0.1, -0.05) is 6.07 Å². The zero-order chi connectivity index (χ0) is 23.3. The molecule has 2 N–H and O–H groups in total. The van der Waals surface area contributed by atoms with E-state index in [0.717, 1.165) is 11.1 Å². The SMILES string of the molecule is Cc1cc(-c2ccc(NC(=O)C3CCOCC3)c(NCCOC(F)(F)F)c2)cn(C)c1=O. The van der Waals surface area contributed by atoms with Crippen molar-refractivity contribution in [2.24, 2.45) is 13.0 Å². The lowest BCUT2D eigenvalue weighted by molar-refractivity contribution is -0.322. The number of anilines is 2. The summed E-state index contributed by atoms with van der Waals surface area (Å²) in [5.74, 6) is -0.343. The van der Waals surface area contributed by atoms with Crippen LogP contribution in [0.5, 0.6) is 0 Å². The molecular formula is C22H26F3N3O4. The Bertz CT molecular complexity index is 988. The summed E-state index contributed by atoms with van der Waals surface area (Å²) in [7, 11) is 1.65. The summed E-state index contributed by atoms with van der Waals surface area (Å²) >= 11 is 0. The minimum atomic E-state index is -4.71. The third-order valence-electron chi connectivity index (χ3n) is 5.25. The predicted molar refractivity (Wildman–Crippen MR) is 115 cm³/mol. The van der Waals surface area contributed by atoms with E-state index in [-0.39, 0.29) is 23.9 Å². The van der Waals surface area contributed by atoms with Crippen LogP contribution in [-0.2, 0) is 21.3 Å². The summed E-state index contributed by atoms with van der Waals surface area (Å²) in [6.45, 7) is 2.05. The van der Waals surface area contributed by atoms with Crippen molar-refractivity contribution >= 4 is 17.3 Å². The number of benzene rings is 1. The first-order valence-electron chi connectivity index (χ1n) is 10.3. The molecule has 174 valence electrons. The van der Waals surface area contributed by atoms with Gasteiger partial charge in [-0.2, -0.15) is 0 Å². The van der Waals surface area contributed by atoms with Crippen LogP contribution in [0.4, 0.5) is 24.5 Å². The summed E-state index contributed by atoms with van der Waals surface area (Å²) in [6, 6.07) is 6.96. The maximum atomic E-state index is 12.7. The minimum Gasteiger partial charge on any atom is -0.381 e. The molecule has 1 aromatic carbocycles. The molecule has 1 fully saturated rings. The molecule has 0 unspecified atom stereocenters. The van der Waals surface area contributed by atoms with E-state index in [2.05, 4.69) is 15.4 Å². The number of aryl methyl sites for hydroxylation is 2. The molecule has 1 aliphatic rings. The van der Waals surface area contributed by atoms with Crippen molar-refractivity contribution in [2.75, 3.05) is 37.0 Å². The second kappa shape index (κ2) is 10.2. The van der Waals surface area contributed by atoms with Gasteiger partial charge in [-0.3, -0.25) is 14.3 Å². The third kappa shape index (κ3) is 6.33. The van der Waals surface area contributed by atoms with Gasteiger partial charge in [0.05, 0.1) is 18.0 Å². The molecule has 0 aliphatic carbocycles. The van der Waals surface area contributed by atoms with E-state index < -0.39 is 13.0 Å². The van der Waals surface area contributed by atoms with Gasteiger partial charge in [0.25, 0.3) is 5.56 Å². The Morgan fingerprint density at radius 3 is 2.56 bits per heavy atom. The smallest absolute Gasteiger partial charge is 0.381 e. The molecule has 1 aliphatic heterocycles. The molecule has 2 aromatic rings. The molecule has 1 amide bonds. The number of rotatable bonds is 7. The number of hydrogen-bond acceptors (Lipinski definition) is 5. The zero-order valence-corrected chi connectivity index (χ0v) is 17.9. The second-order valence-electron chi connectivity index (χ2n) is 7.69. The molecule has 3 rings (SSSR count). The number of halogens is 3. The lowest BCUT2D eigenvalue weighted by Crippen LogP contribution is -2.29. The topological polar surface area (TPSA) is 81.6 Å². The molecule has 1 aromatic heterocycles. The fourth-order valence-electron chi connectivity index (χ4n) is 3.56. The monoisotopic (exact) mass is 453 g/mol. The van der Waals surface area contributed by atoms with Crippen LogP contribution in [0, 0.1) is 12.8 Å². The number of amides is 1. The first-order chi connectivity index (χ1) is 15.1. The van der Waals surface area contributed by atoms with Crippen LogP contribution in [-0.4, -0.2) is 43.2 Å². The van der Waals surface area contributed by atoms with Gasteiger partial charge in [0.15, 0.2) is 0 Å². The number of nitrogens with zero attached hydrogens (tertiary/aromatic N) is 1. The fraction of sp³-hybridized carbons (Fsp3) is 0.455. The van der Waals surface area contributed by atoms with Gasteiger partial charge in [0.2, 0.25) is 5.91 Å². The largest absolute Gasteiger partial charge is 0.522 e. The van der Waals surface area contributed by atoms with Crippen LogP contribution in [0.25, 0.3) is 11.1 Å². The number of nitrogens with one attached hydrogen (secondary N) is 2. The van der Waals surface area contributed by atoms with Crippen LogP contribution in [0.1, 0.15) is 18.4 Å². The Hall–Kier alpha value is -2.85. The van der Waals surface area contributed by atoms with Crippen molar-refractivity contribution in [1.29, 1.82) is 0 Å². The van der Waals surface area contributed by atoms with E-state index in [0.29, 0.717) is 43.0 Å². The van der Waals surface area contributed by atoms with Crippen molar-refractivity contribution in [1.82, 2.24) is 4.57 Å². The molecule has 32 heavy (non-hydrogen) atoms. The molecule has 0 radical (unpaired) electrons. The highest BCUT2D eigenvalue weighted by molar-refractivity contribution is 5.96. The Morgan fingerprint density at radius 1 is 1.19 bits per heavy atom. The Labute approximate surface area is 183 Å². The van der Waals surface area contributed by atoms with Crippen molar-refractivity contribution in [3.05, 3.63) is 46.4 Å². The van der Waals surface area contributed by atoms with E-state index >= 15 is 0 Å². The maximum absolute atomic E-state index is 12.7. The van der Waals surface area contributed by atoms with Gasteiger partial charge in [-0.25, -0.2) is 0 Å². The minimum absolute atomic E-state index is 0.114. The standard InChI is InChI=1S/C22H26F3N3O4/c1-14-11-17(13-28(2)21(14)30)16-3-4-18(27-20(29)15-5-8-31-9-6-15)19(12-16)26-7-10-32-22(23,24)25/h3-4,11-13,15,26H,5-10H2,1-2H3,(H,27,29). The average molecular weight is 453 g/mol. The molecule has 2 heterocycles. The first kappa shape index (κ1) is 23.8. The van der Waals surface area contributed by atoms with Crippen molar-refractivity contribution in [2.45, 2.75) is 26.1 Å². The first-order valence-corrected chi connectivity index (χ1v) is 10.3. The van der Waals surface area contributed by atoms with Gasteiger partial charge in [0.1, 0.15) is 0 Å². The van der Waals surface area contributed by atoms with Crippen molar-refractivity contribution in [3.8, 4) is 11.1 Å². The molecule has 0 saturated carbocycles. The highest BCUT2D eigenvalue weighted by Crippen LogP contribution is 2.30. The number of alkyl halides is 3. The van der Waals surface area contributed by atoms with E-state index in [1.807, 2.05) is 0 Å². The summed E-state index contributed by atoms with van der Waals surface area (Å²) in [5, 5.41) is 5.78. The van der Waals surface area contributed by atoms with Crippen LogP contribution in [0.15, 0.2) is 35.3 Å². The molecule has 0 atom stereocenters. The average Bonchev–Trinajstić information content (AvgIpc) is 2.75. The second-order valence-corrected chi connectivity index (χ2v) is 7.69. The summed E-state index contributed by atoms with van der Waals surface area (Å²) in [6.07, 6.45) is -1.80. The number of pyridine rings is 1. The normalized spacial score (nSPS) is 14.9. The van der Waals surface area contributed by atoms with Gasteiger partial charge in [0, 0.05) is 44.5 Å². The van der Waals surface area contributed by atoms with Gasteiger partial charge < -0.3 is 19.9 Å². The Balaban J connectivity index is 1.84. The molecule has 0 spiro atoms. The highest BCUT2D eigenvalue weighted by atomic mass is 19.4. The van der Waals surface area contributed by atoms with Crippen LogP contribution in [0.3, 0.4) is 0 Å². The number of aromatic nitrogens is 1. The van der Waals surface area contributed by atoms with Crippen LogP contribution >= 0.6 is 0 Å². The van der Waals surface area contributed by atoms with Gasteiger partial charge in [-0.15, -0.1) is 13.2 Å². The fourth-order valence-corrected chi connectivity index (χ4v) is 3.56. The number of ether oxygens (including phenoxy) is 2.